The second kappa shape index (κ2) is 4.93. The summed E-state index contributed by atoms with van der Waals surface area (Å²) < 4.78 is 0. The van der Waals surface area contributed by atoms with Crippen LogP contribution >= 0.6 is 22.9 Å². The zero-order chi connectivity index (χ0) is 12.6. The van der Waals surface area contributed by atoms with Gasteiger partial charge in [0.1, 0.15) is 0 Å². The summed E-state index contributed by atoms with van der Waals surface area (Å²) >= 11 is 8.59. The maximum absolute atomic E-state index is 6.68. The maximum atomic E-state index is 6.68. The van der Waals surface area contributed by atoms with E-state index in [4.69, 9.17) is 11.6 Å². The maximum Gasteiger partial charge on any atom is 0.0709 e. The predicted molar refractivity (Wildman–Crippen MR) is 78.1 cm³/mol. The summed E-state index contributed by atoms with van der Waals surface area (Å²) in [5, 5.41) is 0.230. The number of alkyl halides is 1. The molecule has 0 saturated heterocycles. The molecule has 1 aromatic rings. The SMILES string of the molecule is CC1CCCC1C(Cl)c1ccc(C(C)(C)C)s1. The van der Waals surface area contributed by atoms with Gasteiger partial charge in [-0.3, -0.25) is 0 Å². The lowest BCUT2D eigenvalue weighted by Crippen LogP contribution is -2.10. The van der Waals surface area contributed by atoms with Gasteiger partial charge in [-0.1, -0.05) is 40.5 Å². The van der Waals surface area contributed by atoms with Gasteiger partial charge in [-0.05, 0) is 35.8 Å². The van der Waals surface area contributed by atoms with Crippen LogP contribution in [0.2, 0.25) is 0 Å². The first-order valence-corrected chi connectivity index (χ1v) is 7.89. The highest BCUT2D eigenvalue weighted by atomic mass is 35.5. The zero-order valence-electron chi connectivity index (χ0n) is 11.3. The first kappa shape index (κ1) is 13.4. The normalized spacial score (nSPS) is 27.4. The van der Waals surface area contributed by atoms with Crippen LogP contribution in [0.5, 0.6) is 0 Å². The fraction of sp³-hybridized carbons (Fsp3) is 0.733. The third-order valence-electron chi connectivity index (χ3n) is 3.94. The molecule has 0 aromatic carbocycles. The standard InChI is InChI=1S/C15H23ClS/c1-10-6-5-7-11(10)14(16)12-8-9-13(17-12)15(2,3)4/h8-11,14H,5-7H2,1-4H3. The molecule has 0 bridgehead atoms. The van der Waals surface area contributed by atoms with Crippen molar-refractivity contribution in [2.24, 2.45) is 11.8 Å². The summed E-state index contributed by atoms with van der Waals surface area (Å²) in [6.45, 7) is 9.16. The minimum Gasteiger partial charge on any atom is -0.143 e. The minimum atomic E-state index is 0.230. The molecule has 1 heterocycles. The Bertz CT molecular complexity index is 375. The molecule has 96 valence electrons. The third kappa shape index (κ3) is 2.88. The van der Waals surface area contributed by atoms with Crippen LogP contribution in [0.1, 0.15) is 62.1 Å². The van der Waals surface area contributed by atoms with Gasteiger partial charge in [0.2, 0.25) is 0 Å². The Hall–Kier alpha value is -0.0100. The largest absolute Gasteiger partial charge is 0.143 e. The molecule has 1 saturated carbocycles. The average Bonchev–Trinajstić information content (AvgIpc) is 2.83. The first-order valence-electron chi connectivity index (χ1n) is 6.64. The van der Waals surface area contributed by atoms with Gasteiger partial charge < -0.3 is 0 Å². The van der Waals surface area contributed by atoms with Crippen molar-refractivity contribution in [1.82, 2.24) is 0 Å². The lowest BCUT2D eigenvalue weighted by Gasteiger charge is -2.21. The van der Waals surface area contributed by atoms with E-state index in [9.17, 15) is 0 Å². The third-order valence-corrected chi connectivity index (χ3v) is 6.22. The summed E-state index contributed by atoms with van der Waals surface area (Å²) in [6.07, 6.45) is 4.01. The number of thiophene rings is 1. The van der Waals surface area contributed by atoms with Crippen LogP contribution in [0, 0.1) is 11.8 Å². The first-order chi connectivity index (χ1) is 7.89. The fourth-order valence-corrected chi connectivity index (χ4v) is 4.42. The molecule has 17 heavy (non-hydrogen) atoms. The molecule has 0 aliphatic heterocycles. The van der Waals surface area contributed by atoms with Gasteiger partial charge >= 0.3 is 0 Å². The molecule has 0 radical (unpaired) electrons. The van der Waals surface area contributed by atoms with Crippen molar-refractivity contribution in [2.45, 2.75) is 57.7 Å². The molecule has 1 fully saturated rings. The summed E-state index contributed by atoms with van der Waals surface area (Å²) in [5.74, 6) is 1.47. The van der Waals surface area contributed by atoms with E-state index in [0.717, 1.165) is 5.92 Å². The average molecular weight is 271 g/mol. The van der Waals surface area contributed by atoms with E-state index >= 15 is 0 Å². The highest BCUT2D eigenvalue weighted by molar-refractivity contribution is 7.12. The topological polar surface area (TPSA) is 0 Å². The van der Waals surface area contributed by atoms with E-state index in [2.05, 4.69) is 39.8 Å². The molecular weight excluding hydrogens is 248 g/mol. The summed E-state index contributed by atoms with van der Waals surface area (Å²) in [5.41, 5.74) is 0.251. The lowest BCUT2D eigenvalue weighted by atomic mass is 9.93. The van der Waals surface area contributed by atoms with E-state index in [-0.39, 0.29) is 10.8 Å². The number of hydrogen-bond acceptors (Lipinski definition) is 1. The molecule has 0 spiro atoms. The Balaban J connectivity index is 2.14. The Labute approximate surface area is 114 Å². The van der Waals surface area contributed by atoms with Gasteiger partial charge in [-0.15, -0.1) is 22.9 Å². The van der Waals surface area contributed by atoms with Crippen LogP contribution in [-0.2, 0) is 5.41 Å². The van der Waals surface area contributed by atoms with Crippen molar-refractivity contribution >= 4 is 22.9 Å². The molecule has 3 unspecified atom stereocenters. The van der Waals surface area contributed by atoms with Crippen LogP contribution in [0.4, 0.5) is 0 Å². The Morgan fingerprint density at radius 1 is 1.29 bits per heavy atom. The van der Waals surface area contributed by atoms with Crippen LogP contribution < -0.4 is 0 Å². The molecule has 3 atom stereocenters. The molecule has 2 rings (SSSR count). The second-order valence-corrected chi connectivity index (χ2v) is 8.01. The van der Waals surface area contributed by atoms with Crippen molar-refractivity contribution in [3.05, 3.63) is 21.9 Å². The smallest absolute Gasteiger partial charge is 0.0709 e. The highest BCUT2D eigenvalue weighted by Crippen LogP contribution is 2.46. The summed E-state index contributed by atoms with van der Waals surface area (Å²) in [4.78, 5) is 2.82. The Morgan fingerprint density at radius 2 is 2.00 bits per heavy atom. The molecule has 1 aliphatic carbocycles. The van der Waals surface area contributed by atoms with Gasteiger partial charge in [0.05, 0.1) is 5.38 Å². The molecule has 0 nitrogen and oxygen atoms in total. The van der Waals surface area contributed by atoms with Gasteiger partial charge in [-0.2, -0.15) is 0 Å². The number of halogens is 1. The molecular formula is C15H23ClS. The minimum absolute atomic E-state index is 0.230. The predicted octanol–water partition coefficient (Wildman–Crippen LogP) is 5.76. The molecule has 1 aromatic heterocycles. The lowest BCUT2D eigenvalue weighted by molar-refractivity contribution is 0.408. The second-order valence-electron chi connectivity index (χ2n) is 6.43. The Kier molecular flexibility index (Phi) is 3.89. The summed E-state index contributed by atoms with van der Waals surface area (Å²) in [7, 11) is 0. The van der Waals surface area contributed by atoms with E-state index < -0.39 is 0 Å². The van der Waals surface area contributed by atoms with E-state index in [0.29, 0.717) is 5.92 Å². The number of rotatable bonds is 2. The van der Waals surface area contributed by atoms with Crippen molar-refractivity contribution in [2.75, 3.05) is 0 Å². The zero-order valence-corrected chi connectivity index (χ0v) is 12.9. The van der Waals surface area contributed by atoms with Crippen molar-refractivity contribution in [1.29, 1.82) is 0 Å². The monoisotopic (exact) mass is 270 g/mol. The molecule has 0 N–H and O–H groups in total. The van der Waals surface area contributed by atoms with Crippen LogP contribution in [0.3, 0.4) is 0 Å². The van der Waals surface area contributed by atoms with Crippen LogP contribution in [0.25, 0.3) is 0 Å². The van der Waals surface area contributed by atoms with Crippen molar-refractivity contribution in [3.63, 3.8) is 0 Å². The number of hydrogen-bond donors (Lipinski definition) is 0. The van der Waals surface area contributed by atoms with Gasteiger partial charge in [0.15, 0.2) is 0 Å². The fourth-order valence-electron chi connectivity index (χ4n) is 2.72. The molecule has 2 heteroatoms. The van der Waals surface area contributed by atoms with Gasteiger partial charge in [-0.25, -0.2) is 0 Å². The van der Waals surface area contributed by atoms with Crippen molar-refractivity contribution in [3.8, 4) is 0 Å². The summed E-state index contributed by atoms with van der Waals surface area (Å²) in [6, 6.07) is 4.50. The quantitative estimate of drug-likeness (QED) is 0.599. The highest BCUT2D eigenvalue weighted by Gasteiger charge is 2.31. The Morgan fingerprint density at radius 3 is 2.47 bits per heavy atom. The van der Waals surface area contributed by atoms with E-state index in [1.807, 2.05) is 11.3 Å². The van der Waals surface area contributed by atoms with Gasteiger partial charge in [0, 0.05) is 9.75 Å². The van der Waals surface area contributed by atoms with E-state index in [1.54, 1.807) is 0 Å². The van der Waals surface area contributed by atoms with Crippen molar-refractivity contribution < 1.29 is 0 Å². The molecule has 1 aliphatic rings. The van der Waals surface area contributed by atoms with Crippen LogP contribution in [0.15, 0.2) is 12.1 Å². The van der Waals surface area contributed by atoms with Gasteiger partial charge in [0.25, 0.3) is 0 Å². The van der Waals surface area contributed by atoms with Crippen LogP contribution in [-0.4, -0.2) is 0 Å². The van der Waals surface area contributed by atoms with E-state index in [1.165, 1.54) is 29.0 Å². The molecule has 0 amide bonds.